The Morgan fingerprint density at radius 3 is 2.64 bits per heavy atom. The van der Waals surface area contributed by atoms with E-state index in [0.29, 0.717) is 16.6 Å². The normalized spacial score (nSPS) is 26.5. The van der Waals surface area contributed by atoms with E-state index in [1.165, 1.54) is 17.1 Å². The van der Waals surface area contributed by atoms with Crippen molar-refractivity contribution in [2.24, 2.45) is 0 Å². The monoisotopic (exact) mass is 347 g/mol. The zero-order valence-corrected chi connectivity index (χ0v) is 13.0. The predicted molar refractivity (Wildman–Crippen MR) is 87.1 cm³/mol. The molecule has 1 aliphatic heterocycles. The van der Waals surface area contributed by atoms with Crippen LogP contribution in [-0.2, 0) is 4.74 Å². The van der Waals surface area contributed by atoms with Gasteiger partial charge in [0, 0.05) is 17.3 Å². The van der Waals surface area contributed by atoms with E-state index in [4.69, 9.17) is 20.6 Å². The largest absolute Gasteiger partial charge is 0.472 e. The van der Waals surface area contributed by atoms with Crippen molar-refractivity contribution in [3.8, 4) is 11.1 Å². The summed E-state index contributed by atoms with van der Waals surface area (Å²) in [6, 6.07) is 1.74. The minimum atomic E-state index is -1.26. The predicted octanol–water partition coefficient (Wildman–Crippen LogP) is -0.533. The van der Waals surface area contributed by atoms with Gasteiger partial charge >= 0.3 is 0 Å². The highest BCUT2D eigenvalue weighted by Crippen LogP contribution is 2.38. The van der Waals surface area contributed by atoms with Crippen LogP contribution < -0.4 is 11.5 Å². The van der Waals surface area contributed by atoms with Gasteiger partial charge < -0.3 is 40.5 Å². The zero-order chi connectivity index (χ0) is 17.7. The number of furan rings is 1. The lowest BCUT2D eigenvalue weighted by Crippen LogP contribution is -2.33. The molecule has 1 fully saturated rings. The minimum absolute atomic E-state index is 0.0326. The van der Waals surface area contributed by atoms with Gasteiger partial charge in [-0.2, -0.15) is 9.97 Å². The second-order valence-electron chi connectivity index (χ2n) is 5.86. The molecule has 132 valence electrons. The van der Waals surface area contributed by atoms with Crippen LogP contribution in [-0.4, -0.2) is 54.8 Å². The minimum Gasteiger partial charge on any atom is -0.472 e. The Bertz CT molecular complexity index is 909. The van der Waals surface area contributed by atoms with Crippen molar-refractivity contribution in [3.63, 3.8) is 0 Å². The molecule has 0 amide bonds. The van der Waals surface area contributed by atoms with E-state index in [2.05, 4.69) is 9.97 Å². The van der Waals surface area contributed by atoms with Gasteiger partial charge in [-0.05, 0) is 6.07 Å². The molecule has 0 unspecified atom stereocenters. The van der Waals surface area contributed by atoms with Gasteiger partial charge in [0.1, 0.15) is 24.1 Å². The first-order chi connectivity index (χ1) is 12.0. The average Bonchev–Trinajstić information content (AvgIpc) is 3.27. The summed E-state index contributed by atoms with van der Waals surface area (Å²) in [4.78, 5) is 8.19. The van der Waals surface area contributed by atoms with E-state index in [1.54, 1.807) is 12.3 Å². The van der Waals surface area contributed by atoms with Gasteiger partial charge in [0.25, 0.3) is 0 Å². The van der Waals surface area contributed by atoms with Gasteiger partial charge in [-0.1, -0.05) is 0 Å². The molecule has 3 aromatic heterocycles. The molecule has 1 saturated heterocycles. The van der Waals surface area contributed by atoms with Crippen molar-refractivity contribution in [1.29, 1.82) is 0 Å². The maximum Gasteiger partial charge on any atom is 0.223 e. The highest BCUT2D eigenvalue weighted by Gasteiger charge is 2.44. The van der Waals surface area contributed by atoms with Crippen molar-refractivity contribution in [2.75, 3.05) is 18.1 Å². The number of hydrogen-bond acceptors (Lipinski definition) is 9. The SMILES string of the molecule is Nc1nc(N)c2c(-c3ccoc3)cn([C@@H]3O[C@H](CO)[C@@H](O)[C@H]3O)c2n1. The lowest BCUT2D eigenvalue weighted by Gasteiger charge is -2.17. The molecule has 0 radical (unpaired) electrons. The molecule has 1 aliphatic rings. The number of fused-ring (bicyclic) bond motifs is 1. The molecule has 3 aromatic rings. The van der Waals surface area contributed by atoms with Crippen molar-refractivity contribution >= 4 is 22.8 Å². The van der Waals surface area contributed by atoms with E-state index in [0.717, 1.165) is 5.56 Å². The van der Waals surface area contributed by atoms with Crippen LogP contribution in [0.1, 0.15) is 6.23 Å². The van der Waals surface area contributed by atoms with E-state index in [1.807, 2.05) is 0 Å². The summed E-state index contributed by atoms with van der Waals surface area (Å²) in [5.41, 5.74) is 13.5. The molecule has 0 bridgehead atoms. The Hall–Kier alpha value is -2.66. The first-order valence-corrected chi connectivity index (χ1v) is 7.59. The maximum atomic E-state index is 10.3. The lowest BCUT2D eigenvalue weighted by molar-refractivity contribution is -0.0508. The number of aliphatic hydroxyl groups excluding tert-OH is 3. The fraction of sp³-hybridized carbons (Fsp3) is 0.333. The van der Waals surface area contributed by atoms with Crippen molar-refractivity contribution in [2.45, 2.75) is 24.5 Å². The van der Waals surface area contributed by atoms with Gasteiger partial charge in [-0.25, -0.2) is 0 Å². The summed E-state index contributed by atoms with van der Waals surface area (Å²) in [7, 11) is 0. The van der Waals surface area contributed by atoms with E-state index in [-0.39, 0.29) is 11.8 Å². The van der Waals surface area contributed by atoms with Gasteiger partial charge in [0.05, 0.1) is 24.5 Å². The van der Waals surface area contributed by atoms with Crippen LogP contribution in [0.2, 0.25) is 0 Å². The molecule has 7 N–H and O–H groups in total. The Kier molecular flexibility index (Phi) is 3.62. The van der Waals surface area contributed by atoms with Crippen molar-refractivity contribution < 1.29 is 24.5 Å². The molecule has 0 aromatic carbocycles. The molecule has 4 atom stereocenters. The first kappa shape index (κ1) is 15.8. The summed E-state index contributed by atoms with van der Waals surface area (Å²) < 4.78 is 12.2. The summed E-state index contributed by atoms with van der Waals surface area (Å²) in [5, 5.41) is 30.1. The van der Waals surface area contributed by atoms with Crippen molar-refractivity contribution in [3.05, 3.63) is 24.8 Å². The van der Waals surface area contributed by atoms with Gasteiger partial charge in [-0.15, -0.1) is 0 Å². The molecule has 4 heterocycles. The van der Waals surface area contributed by atoms with Crippen LogP contribution in [0, 0.1) is 0 Å². The molecule has 0 spiro atoms. The number of ether oxygens (including phenoxy) is 1. The number of hydrogen-bond donors (Lipinski definition) is 5. The highest BCUT2D eigenvalue weighted by molar-refractivity contribution is 6.01. The molecule has 25 heavy (non-hydrogen) atoms. The first-order valence-electron chi connectivity index (χ1n) is 7.59. The molecular weight excluding hydrogens is 330 g/mol. The topological polar surface area (TPSA) is 166 Å². The second-order valence-corrected chi connectivity index (χ2v) is 5.86. The van der Waals surface area contributed by atoms with Gasteiger partial charge in [-0.3, -0.25) is 0 Å². The number of rotatable bonds is 3. The number of nitrogen functional groups attached to an aromatic ring is 2. The summed E-state index contributed by atoms with van der Waals surface area (Å²) in [5.74, 6) is 0.138. The van der Waals surface area contributed by atoms with Crippen LogP contribution >= 0.6 is 0 Å². The number of aliphatic hydroxyl groups is 3. The molecule has 10 nitrogen and oxygen atoms in total. The van der Waals surface area contributed by atoms with E-state index in [9.17, 15) is 15.3 Å². The Balaban J connectivity index is 1.93. The fourth-order valence-corrected chi connectivity index (χ4v) is 3.13. The third-order valence-electron chi connectivity index (χ3n) is 4.34. The van der Waals surface area contributed by atoms with Crippen molar-refractivity contribution in [1.82, 2.24) is 14.5 Å². The standard InChI is InChI=1S/C15H17N5O5/c16-12-9-7(6-1-2-24-5-6)3-20(13(9)19-15(17)18-12)14-11(23)10(22)8(4-21)25-14/h1-3,5,8,10-11,14,21-23H,4H2,(H4,16,17,18,19)/t8-,10-,11-,14-/m1/s1. The van der Waals surface area contributed by atoms with Crippen LogP contribution in [0.5, 0.6) is 0 Å². The number of nitrogens with two attached hydrogens (primary N) is 2. The molecule has 0 aliphatic carbocycles. The third-order valence-corrected chi connectivity index (χ3v) is 4.34. The maximum absolute atomic E-state index is 10.3. The Morgan fingerprint density at radius 1 is 1.20 bits per heavy atom. The molecule has 10 heteroatoms. The van der Waals surface area contributed by atoms with E-state index < -0.39 is 31.1 Å². The quantitative estimate of drug-likeness (QED) is 0.418. The fourth-order valence-electron chi connectivity index (χ4n) is 3.13. The van der Waals surface area contributed by atoms with Crippen LogP contribution in [0.3, 0.4) is 0 Å². The van der Waals surface area contributed by atoms with Crippen LogP contribution in [0.25, 0.3) is 22.2 Å². The average molecular weight is 347 g/mol. The van der Waals surface area contributed by atoms with Crippen LogP contribution in [0.4, 0.5) is 11.8 Å². The van der Waals surface area contributed by atoms with Gasteiger partial charge in [0.15, 0.2) is 11.9 Å². The summed E-state index contributed by atoms with van der Waals surface area (Å²) in [6.07, 6.45) is 0.338. The van der Waals surface area contributed by atoms with Crippen LogP contribution in [0.15, 0.2) is 29.2 Å². The second kappa shape index (κ2) is 5.70. The summed E-state index contributed by atoms with van der Waals surface area (Å²) in [6.45, 7) is -0.429. The number of anilines is 2. The third kappa shape index (κ3) is 2.35. The van der Waals surface area contributed by atoms with E-state index >= 15 is 0 Å². The Morgan fingerprint density at radius 2 is 2.00 bits per heavy atom. The molecular formula is C15H17N5O5. The smallest absolute Gasteiger partial charge is 0.223 e. The van der Waals surface area contributed by atoms with Gasteiger partial charge in [0.2, 0.25) is 5.95 Å². The Labute approximate surface area is 141 Å². The number of nitrogens with zero attached hydrogens (tertiary/aromatic N) is 3. The molecule has 0 saturated carbocycles. The summed E-state index contributed by atoms with van der Waals surface area (Å²) >= 11 is 0. The zero-order valence-electron chi connectivity index (χ0n) is 13.0. The molecule has 4 rings (SSSR count). The highest BCUT2D eigenvalue weighted by atomic mass is 16.6. The lowest BCUT2D eigenvalue weighted by atomic mass is 10.1. The number of aromatic nitrogens is 3.